The molecule has 0 saturated heterocycles. The van der Waals surface area contributed by atoms with Crippen molar-refractivity contribution in [2.75, 3.05) is 0 Å². The lowest BCUT2D eigenvalue weighted by Crippen LogP contribution is -2.22. The molecule has 0 bridgehead atoms. The van der Waals surface area contributed by atoms with Crippen molar-refractivity contribution in [3.8, 4) is 5.69 Å². The number of amides is 1. The van der Waals surface area contributed by atoms with E-state index in [0.717, 1.165) is 11.4 Å². The van der Waals surface area contributed by atoms with Crippen LogP contribution in [0.3, 0.4) is 0 Å². The minimum Gasteiger partial charge on any atom is -0.545 e. The van der Waals surface area contributed by atoms with Crippen LogP contribution in [0.5, 0.6) is 0 Å². The predicted molar refractivity (Wildman–Crippen MR) is 89.5 cm³/mol. The molecule has 3 aromatic rings. The molecule has 0 aliphatic rings. The summed E-state index contributed by atoms with van der Waals surface area (Å²) >= 11 is 1.34. The van der Waals surface area contributed by atoms with Crippen molar-refractivity contribution in [3.63, 3.8) is 0 Å². The molecule has 0 aliphatic heterocycles. The Morgan fingerprint density at radius 3 is 2.58 bits per heavy atom. The van der Waals surface area contributed by atoms with Crippen LogP contribution in [-0.4, -0.2) is 22.7 Å². The Balaban J connectivity index is 1.74. The summed E-state index contributed by atoms with van der Waals surface area (Å²) in [5.74, 6) is -1.48. The van der Waals surface area contributed by atoms with Crippen LogP contribution in [0.4, 0.5) is 0 Å². The summed E-state index contributed by atoms with van der Waals surface area (Å²) in [6.45, 7) is 0. The Morgan fingerprint density at radius 2 is 1.92 bits per heavy atom. The van der Waals surface area contributed by atoms with Gasteiger partial charge in [0.1, 0.15) is 0 Å². The highest BCUT2D eigenvalue weighted by molar-refractivity contribution is 7.12. The molecule has 0 atom stereocenters. The fourth-order valence-corrected chi connectivity index (χ4v) is 2.73. The number of carboxylic acids is 1. The van der Waals surface area contributed by atoms with Gasteiger partial charge in [-0.3, -0.25) is 4.79 Å². The SMILES string of the molecule is O=C([O-])c1ccc(-n2cccc2/C=N\NC(=O)c2cccs2)cc1. The minimum atomic E-state index is -1.22. The van der Waals surface area contributed by atoms with E-state index in [2.05, 4.69) is 10.5 Å². The van der Waals surface area contributed by atoms with Gasteiger partial charge in [-0.15, -0.1) is 11.3 Å². The van der Waals surface area contributed by atoms with Crippen molar-refractivity contribution in [2.45, 2.75) is 0 Å². The molecular weight excluding hydrogens is 326 g/mol. The number of nitrogens with one attached hydrogen (secondary N) is 1. The van der Waals surface area contributed by atoms with Crippen LogP contribution in [0.1, 0.15) is 25.7 Å². The van der Waals surface area contributed by atoms with E-state index in [9.17, 15) is 14.7 Å². The summed E-state index contributed by atoms with van der Waals surface area (Å²) in [5, 5.41) is 16.6. The summed E-state index contributed by atoms with van der Waals surface area (Å²) in [5.41, 5.74) is 4.10. The summed E-state index contributed by atoms with van der Waals surface area (Å²) in [4.78, 5) is 23.2. The number of aromatic carboxylic acids is 1. The number of nitrogens with zero attached hydrogens (tertiary/aromatic N) is 2. The van der Waals surface area contributed by atoms with Crippen molar-refractivity contribution in [3.05, 3.63) is 76.2 Å². The number of carbonyl (C=O) groups excluding carboxylic acids is 2. The summed E-state index contributed by atoms with van der Waals surface area (Å²) < 4.78 is 1.82. The number of hydrazone groups is 1. The third kappa shape index (κ3) is 3.41. The number of carbonyl (C=O) groups is 2. The molecule has 0 spiro atoms. The maximum absolute atomic E-state index is 11.8. The van der Waals surface area contributed by atoms with Gasteiger partial charge in [-0.05, 0) is 41.3 Å². The van der Waals surface area contributed by atoms with Crippen molar-refractivity contribution in [1.82, 2.24) is 9.99 Å². The largest absolute Gasteiger partial charge is 0.545 e. The average Bonchev–Trinajstić information content (AvgIpc) is 3.26. The highest BCUT2D eigenvalue weighted by atomic mass is 32.1. The quantitative estimate of drug-likeness (QED) is 0.567. The fraction of sp³-hybridized carbons (Fsp3) is 0. The second-order valence-corrected chi connectivity index (χ2v) is 5.76. The van der Waals surface area contributed by atoms with Gasteiger partial charge in [-0.25, -0.2) is 5.43 Å². The van der Waals surface area contributed by atoms with Crippen LogP contribution < -0.4 is 10.5 Å². The smallest absolute Gasteiger partial charge is 0.281 e. The maximum atomic E-state index is 11.8. The normalized spacial score (nSPS) is 10.8. The van der Waals surface area contributed by atoms with E-state index in [1.54, 1.807) is 24.3 Å². The topological polar surface area (TPSA) is 86.5 Å². The number of rotatable bonds is 5. The van der Waals surface area contributed by atoms with Gasteiger partial charge >= 0.3 is 0 Å². The third-order valence-corrected chi connectivity index (χ3v) is 4.14. The Bertz CT molecular complexity index is 880. The molecule has 2 aromatic heterocycles. The van der Waals surface area contributed by atoms with Gasteiger partial charge < -0.3 is 14.5 Å². The predicted octanol–water partition coefficient (Wildman–Crippen LogP) is 1.67. The number of carboxylic acid groups (broad SMARTS) is 1. The first-order valence-electron chi connectivity index (χ1n) is 7.01. The van der Waals surface area contributed by atoms with Gasteiger partial charge in [0.05, 0.1) is 22.8 Å². The first-order valence-corrected chi connectivity index (χ1v) is 7.89. The molecule has 0 fully saturated rings. The molecule has 0 aliphatic carbocycles. The zero-order chi connectivity index (χ0) is 16.9. The first kappa shape index (κ1) is 15.7. The fourth-order valence-electron chi connectivity index (χ4n) is 2.11. The minimum absolute atomic E-state index is 0.115. The van der Waals surface area contributed by atoms with Crippen molar-refractivity contribution < 1.29 is 14.7 Å². The molecule has 0 unspecified atom stereocenters. The summed E-state index contributed by atoms with van der Waals surface area (Å²) in [6.07, 6.45) is 3.34. The van der Waals surface area contributed by atoms with Crippen molar-refractivity contribution in [2.24, 2.45) is 5.10 Å². The Hall–Kier alpha value is -3.19. The van der Waals surface area contributed by atoms with Gasteiger partial charge in [-0.1, -0.05) is 18.2 Å². The molecule has 0 radical (unpaired) electrons. The molecule has 120 valence electrons. The van der Waals surface area contributed by atoms with Crippen LogP contribution in [0, 0.1) is 0 Å². The van der Waals surface area contributed by atoms with E-state index in [1.165, 1.54) is 29.7 Å². The molecule has 1 N–H and O–H groups in total. The molecule has 3 rings (SSSR count). The van der Waals surface area contributed by atoms with Gasteiger partial charge in [0, 0.05) is 11.9 Å². The van der Waals surface area contributed by atoms with E-state index < -0.39 is 5.97 Å². The Kier molecular flexibility index (Phi) is 4.53. The van der Waals surface area contributed by atoms with Crippen molar-refractivity contribution in [1.29, 1.82) is 0 Å². The zero-order valence-corrected chi connectivity index (χ0v) is 13.2. The monoisotopic (exact) mass is 338 g/mol. The highest BCUT2D eigenvalue weighted by Crippen LogP contribution is 2.13. The molecule has 6 nitrogen and oxygen atoms in total. The van der Waals surface area contributed by atoms with E-state index in [4.69, 9.17) is 0 Å². The summed E-state index contributed by atoms with van der Waals surface area (Å²) in [6, 6.07) is 13.5. The van der Waals surface area contributed by atoms with Gasteiger partial charge in [0.25, 0.3) is 5.91 Å². The summed E-state index contributed by atoms with van der Waals surface area (Å²) in [7, 11) is 0. The molecule has 2 heterocycles. The molecule has 0 saturated carbocycles. The van der Waals surface area contributed by atoms with Crippen LogP contribution in [0.25, 0.3) is 5.69 Å². The lowest BCUT2D eigenvalue weighted by molar-refractivity contribution is -0.255. The second-order valence-electron chi connectivity index (χ2n) is 4.81. The third-order valence-electron chi connectivity index (χ3n) is 3.27. The van der Waals surface area contributed by atoms with Crippen LogP contribution in [-0.2, 0) is 0 Å². The van der Waals surface area contributed by atoms with E-state index in [0.29, 0.717) is 4.88 Å². The number of thiophene rings is 1. The molecule has 7 heteroatoms. The lowest BCUT2D eigenvalue weighted by atomic mass is 10.2. The number of aromatic nitrogens is 1. The van der Waals surface area contributed by atoms with Crippen molar-refractivity contribution >= 4 is 29.4 Å². The highest BCUT2D eigenvalue weighted by Gasteiger charge is 2.05. The maximum Gasteiger partial charge on any atom is 0.281 e. The second kappa shape index (κ2) is 6.93. The molecular formula is C17H12N3O3S-. The first-order chi connectivity index (χ1) is 11.6. The Labute approximate surface area is 141 Å². The zero-order valence-electron chi connectivity index (χ0n) is 12.4. The average molecular weight is 338 g/mol. The van der Waals surface area contributed by atoms with Crippen LogP contribution in [0.15, 0.2) is 65.2 Å². The van der Waals surface area contributed by atoms with E-state index in [-0.39, 0.29) is 11.5 Å². The number of hydrogen-bond donors (Lipinski definition) is 1. The van der Waals surface area contributed by atoms with E-state index >= 15 is 0 Å². The van der Waals surface area contributed by atoms with Crippen LogP contribution >= 0.6 is 11.3 Å². The lowest BCUT2D eigenvalue weighted by Gasteiger charge is -2.08. The molecule has 1 amide bonds. The van der Waals surface area contributed by atoms with Gasteiger partial charge in [0.15, 0.2) is 0 Å². The van der Waals surface area contributed by atoms with Gasteiger partial charge in [-0.2, -0.15) is 5.10 Å². The Morgan fingerprint density at radius 1 is 1.12 bits per heavy atom. The number of benzene rings is 1. The number of hydrogen-bond acceptors (Lipinski definition) is 5. The van der Waals surface area contributed by atoms with Crippen LogP contribution in [0.2, 0.25) is 0 Å². The standard InChI is InChI=1S/C17H13N3O3S/c21-16(15-4-2-10-24-15)19-18-11-14-3-1-9-20(14)13-7-5-12(6-8-13)17(22)23/h1-11H,(H,19,21)(H,22,23)/p-1/b18-11-. The molecule has 24 heavy (non-hydrogen) atoms. The van der Waals surface area contributed by atoms with E-state index in [1.807, 2.05) is 28.3 Å². The van der Waals surface area contributed by atoms with Gasteiger partial charge in [0.2, 0.25) is 0 Å². The molecule has 1 aromatic carbocycles.